The summed E-state index contributed by atoms with van der Waals surface area (Å²) in [5.41, 5.74) is 4.59. The molecule has 0 saturated heterocycles. The molecule has 0 fully saturated rings. The van der Waals surface area contributed by atoms with Crippen LogP contribution in [0.1, 0.15) is 16.8 Å². The van der Waals surface area contributed by atoms with Crippen LogP contribution in [-0.4, -0.2) is 43.1 Å². The number of rotatable bonds is 7. The van der Waals surface area contributed by atoms with Crippen molar-refractivity contribution in [1.29, 1.82) is 0 Å². The number of nitrogens with zero attached hydrogens (tertiary/aromatic N) is 3. The highest BCUT2D eigenvalue weighted by atomic mass is 127. The number of aromatic nitrogens is 2. The van der Waals surface area contributed by atoms with Gasteiger partial charge in [0.15, 0.2) is 0 Å². The molecule has 0 spiro atoms. The maximum atomic E-state index is 12.8. The molecule has 1 aliphatic heterocycles. The van der Waals surface area contributed by atoms with Crippen LogP contribution in [0.3, 0.4) is 0 Å². The van der Waals surface area contributed by atoms with Crippen LogP contribution in [0, 0.1) is 0 Å². The topological polar surface area (TPSA) is 78.4 Å². The van der Waals surface area contributed by atoms with E-state index in [1.165, 1.54) is 0 Å². The van der Waals surface area contributed by atoms with Crippen LogP contribution in [0.15, 0.2) is 83.1 Å². The summed E-state index contributed by atoms with van der Waals surface area (Å²) in [6, 6.07) is 22.2. The molecule has 6 nitrogen and oxygen atoms in total. The minimum absolute atomic E-state index is 0.0774. The zero-order valence-corrected chi connectivity index (χ0v) is 20.5. The van der Waals surface area contributed by atoms with Gasteiger partial charge in [-0.3, -0.25) is 4.79 Å². The lowest BCUT2D eigenvalue weighted by Gasteiger charge is -2.13. The lowest BCUT2D eigenvalue weighted by Crippen LogP contribution is -2.27. The summed E-state index contributed by atoms with van der Waals surface area (Å²) in [5.74, 6) is 0.00254. The molecule has 0 unspecified atom stereocenters. The van der Waals surface area contributed by atoms with E-state index in [-0.39, 0.29) is 32.4 Å². The van der Waals surface area contributed by atoms with Crippen molar-refractivity contribution < 1.29 is 9.90 Å². The molecule has 1 amide bonds. The van der Waals surface area contributed by atoms with Gasteiger partial charge in [0.2, 0.25) is 0 Å². The van der Waals surface area contributed by atoms with E-state index in [1.807, 2.05) is 48.5 Å². The number of benzene rings is 3. The number of halogens is 1. The maximum Gasteiger partial charge on any atom is 0.251 e. The molecule has 34 heavy (non-hydrogen) atoms. The lowest BCUT2D eigenvalue weighted by atomic mass is 10.0. The number of aromatic hydroxyl groups is 1. The van der Waals surface area contributed by atoms with Crippen molar-refractivity contribution in [2.75, 3.05) is 13.1 Å². The fraction of sp³-hybridized carbons (Fsp3) is 0.111. The maximum absolute atomic E-state index is 12.8. The fourth-order valence-corrected chi connectivity index (χ4v) is 5.45. The first-order valence-electron chi connectivity index (χ1n) is 11.0. The first-order valence-corrected chi connectivity index (χ1v) is 13.5. The number of para-hydroxylation sites is 1. The first-order chi connectivity index (χ1) is 16.7. The molecule has 2 N–H and O–H groups in total. The van der Waals surface area contributed by atoms with Crippen LogP contribution in [0.2, 0.25) is 0 Å². The predicted octanol–water partition coefficient (Wildman–Crippen LogP) is 5.31. The molecule has 1 aromatic heterocycles. The lowest BCUT2D eigenvalue weighted by molar-refractivity contribution is 0.0953. The summed E-state index contributed by atoms with van der Waals surface area (Å²) in [4.78, 5) is 24.7. The molecule has 5 rings (SSSR count). The van der Waals surface area contributed by atoms with Gasteiger partial charge in [-0.05, 0) is 40.8 Å². The number of carbonyl (C=O) groups excluding carboxylic acids is 1. The number of hydrogen-bond acceptors (Lipinski definition) is 5. The molecule has 0 radical (unpaired) electrons. The third-order valence-corrected chi connectivity index (χ3v) is 7.29. The van der Waals surface area contributed by atoms with Crippen molar-refractivity contribution in [1.82, 2.24) is 20.2 Å². The van der Waals surface area contributed by atoms with Gasteiger partial charge >= 0.3 is 0 Å². The Morgan fingerprint density at radius 3 is 2.53 bits per heavy atom. The van der Waals surface area contributed by atoms with E-state index in [1.54, 1.807) is 24.3 Å². The fourth-order valence-electron chi connectivity index (χ4n) is 3.79. The molecule has 0 saturated carbocycles. The Bertz CT molecular complexity index is 1390. The smallest absolute Gasteiger partial charge is 0.251 e. The summed E-state index contributed by atoms with van der Waals surface area (Å²) in [6.07, 6.45) is 2.99. The van der Waals surface area contributed by atoms with Gasteiger partial charge in [0.05, 0.1) is 16.7 Å². The van der Waals surface area contributed by atoms with Crippen LogP contribution >= 0.6 is 20.7 Å². The summed E-state index contributed by atoms with van der Waals surface area (Å²) in [5, 5.41) is 13.5. The molecule has 1 aliphatic rings. The standard InChI is InChI=1S/C27H23IN4O2/c33-24-10-5-4-9-21(24)26-25(19-7-2-1-3-8-19)30-22-12-11-20(17-23(22)31-26)27(34)29-14-6-15-32-16-13-28-18-32/h1-5,7-13,16-18,33H,6,14-15H2,(H,29,34). The second-order valence-electron chi connectivity index (χ2n) is 7.85. The van der Waals surface area contributed by atoms with Gasteiger partial charge in [0.25, 0.3) is 5.91 Å². The molecule has 3 aromatic carbocycles. The highest BCUT2D eigenvalue weighted by Crippen LogP contribution is 2.35. The molecule has 0 bridgehead atoms. The van der Waals surface area contributed by atoms with E-state index in [0.29, 0.717) is 40.1 Å². The largest absolute Gasteiger partial charge is 0.507 e. The van der Waals surface area contributed by atoms with Crippen molar-refractivity contribution in [3.05, 3.63) is 88.6 Å². The number of nitrogens with one attached hydrogen (secondary N) is 1. The van der Waals surface area contributed by atoms with Crippen LogP contribution in [0.25, 0.3) is 33.5 Å². The minimum Gasteiger partial charge on any atom is -0.507 e. The average Bonchev–Trinajstić information content (AvgIpc) is 3.40. The molecule has 4 aromatic rings. The molecule has 0 aliphatic carbocycles. The SMILES string of the molecule is O=C(NCCCN1C=CI=C1)c1ccc2nc(-c3ccccc3)c(-c3ccccc3O)nc2c1. The third kappa shape index (κ3) is 4.84. The minimum atomic E-state index is -0.131. The summed E-state index contributed by atoms with van der Waals surface area (Å²) >= 11 is 0.0774. The Balaban J connectivity index is 1.45. The normalized spacial score (nSPS) is 12.6. The van der Waals surface area contributed by atoms with Crippen molar-refractivity contribution >= 4 is 41.8 Å². The Kier molecular flexibility index (Phi) is 6.62. The monoisotopic (exact) mass is 562 g/mol. The van der Waals surface area contributed by atoms with Crippen LogP contribution < -0.4 is 5.32 Å². The molecule has 7 heteroatoms. The molecule has 170 valence electrons. The van der Waals surface area contributed by atoms with Crippen LogP contribution in [0.5, 0.6) is 5.75 Å². The number of hydrogen-bond donors (Lipinski definition) is 2. The number of fused-ring (bicyclic) bond motifs is 1. The van der Waals surface area contributed by atoms with Crippen LogP contribution in [-0.2, 0) is 0 Å². The second-order valence-corrected chi connectivity index (χ2v) is 9.85. The van der Waals surface area contributed by atoms with Crippen molar-refractivity contribution in [3.63, 3.8) is 0 Å². The Morgan fingerprint density at radius 1 is 0.941 bits per heavy atom. The number of amides is 1. The zero-order valence-electron chi connectivity index (χ0n) is 18.4. The first kappa shape index (κ1) is 22.2. The Hall–Kier alpha value is -3.59. The molecular weight excluding hydrogens is 539 g/mol. The van der Waals surface area contributed by atoms with Gasteiger partial charge in [-0.2, -0.15) is 0 Å². The van der Waals surface area contributed by atoms with E-state index in [9.17, 15) is 9.90 Å². The highest BCUT2D eigenvalue weighted by molar-refractivity contribution is 14.2. The van der Waals surface area contributed by atoms with Gasteiger partial charge in [-0.1, -0.05) is 63.2 Å². The average molecular weight is 562 g/mol. The number of carbonyl (C=O) groups is 1. The summed E-state index contributed by atoms with van der Waals surface area (Å²) < 4.78 is 4.47. The van der Waals surface area contributed by atoms with Crippen molar-refractivity contribution in [3.8, 4) is 28.3 Å². The van der Waals surface area contributed by atoms with Gasteiger partial charge in [-0.15, -0.1) is 0 Å². The van der Waals surface area contributed by atoms with Gasteiger partial charge < -0.3 is 15.3 Å². The molecule has 2 heterocycles. The van der Waals surface area contributed by atoms with Crippen molar-refractivity contribution in [2.45, 2.75) is 6.42 Å². The molecule has 0 atom stereocenters. The highest BCUT2D eigenvalue weighted by Gasteiger charge is 2.17. The number of phenolic OH excluding ortho intramolecular Hbond substituents is 1. The van der Waals surface area contributed by atoms with E-state index >= 15 is 0 Å². The molecular formula is C27H23IN4O2. The Morgan fingerprint density at radius 2 is 1.74 bits per heavy atom. The summed E-state index contributed by atoms with van der Waals surface area (Å²) in [7, 11) is 0. The van der Waals surface area contributed by atoms with E-state index in [0.717, 1.165) is 18.5 Å². The number of phenols is 1. The zero-order chi connectivity index (χ0) is 23.3. The van der Waals surface area contributed by atoms with Gasteiger partial charge in [-0.25, -0.2) is 9.97 Å². The van der Waals surface area contributed by atoms with E-state index < -0.39 is 0 Å². The van der Waals surface area contributed by atoms with E-state index in [2.05, 4.69) is 24.6 Å². The van der Waals surface area contributed by atoms with Gasteiger partial charge in [0, 0.05) is 40.1 Å². The quantitative estimate of drug-likeness (QED) is 0.236. The second kappa shape index (κ2) is 10.1. The Labute approximate surface area is 207 Å². The van der Waals surface area contributed by atoms with Gasteiger partial charge in [0.1, 0.15) is 11.4 Å². The van der Waals surface area contributed by atoms with Crippen molar-refractivity contribution in [2.24, 2.45) is 0 Å². The predicted molar refractivity (Wildman–Crippen MR) is 145 cm³/mol. The third-order valence-electron chi connectivity index (χ3n) is 5.51. The summed E-state index contributed by atoms with van der Waals surface area (Å²) in [6.45, 7) is 1.51. The van der Waals surface area contributed by atoms with Crippen LogP contribution in [0.4, 0.5) is 0 Å². The van der Waals surface area contributed by atoms with E-state index in [4.69, 9.17) is 9.97 Å².